The molecule has 0 bridgehead atoms. The van der Waals surface area contributed by atoms with E-state index in [4.69, 9.17) is 4.74 Å². The standard InChI is InChI=1S/C11H12N2O2S/c1-15-6-8(14)7-16-11-12-9-4-2-3-5-10(9)13-11/h2-5H,6-7H2,1H3,(H,12,13). The second-order valence-electron chi connectivity index (χ2n) is 3.32. The van der Waals surface area contributed by atoms with Gasteiger partial charge >= 0.3 is 0 Å². The van der Waals surface area contributed by atoms with Crippen LogP contribution in [0.25, 0.3) is 11.0 Å². The third kappa shape index (κ3) is 2.62. The summed E-state index contributed by atoms with van der Waals surface area (Å²) in [6, 6.07) is 7.79. The largest absolute Gasteiger partial charge is 0.377 e. The summed E-state index contributed by atoms with van der Waals surface area (Å²) in [7, 11) is 1.52. The highest BCUT2D eigenvalue weighted by Crippen LogP contribution is 2.18. The van der Waals surface area contributed by atoms with E-state index < -0.39 is 0 Å². The molecule has 0 unspecified atom stereocenters. The number of para-hydroxylation sites is 2. The number of carbonyl (C=O) groups is 1. The predicted molar refractivity (Wildman–Crippen MR) is 63.7 cm³/mol. The van der Waals surface area contributed by atoms with E-state index in [0.29, 0.717) is 5.75 Å². The van der Waals surface area contributed by atoms with Crippen molar-refractivity contribution < 1.29 is 9.53 Å². The Bertz CT molecular complexity index is 462. The van der Waals surface area contributed by atoms with Gasteiger partial charge in [-0.05, 0) is 12.1 Å². The van der Waals surface area contributed by atoms with Gasteiger partial charge in [-0.3, -0.25) is 4.79 Å². The third-order valence-corrected chi connectivity index (χ3v) is 2.98. The van der Waals surface area contributed by atoms with E-state index in [1.54, 1.807) is 0 Å². The lowest BCUT2D eigenvalue weighted by atomic mass is 10.3. The van der Waals surface area contributed by atoms with E-state index in [1.165, 1.54) is 18.9 Å². The number of aromatic nitrogens is 2. The molecule has 16 heavy (non-hydrogen) atoms. The van der Waals surface area contributed by atoms with Gasteiger partial charge in [0, 0.05) is 7.11 Å². The fourth-order valence-electron chi connectivity index (χ4n) is 1.35. The Kier molecular flexibility index (Phi) is 3.58. The van der Waals surface area contributed by atoms with Crippen molar-refractivity contribution in [1.29, 1.82) is 0 Å². The number of nitrogens with zero attached hydrogens (tertiary/aromatic N) is 1. The molecule has 0 aliphatic carbocycles. The van der Waals surface area contributed by atoms with Gasteiger partial charge in [-0.15, -0.1) is 0 Å². The van der Waals surface area contributed by atoms with Crippen LogP contribution in [0.15, 0.2) is 29.4 Å². The number of thioether (sulfide) groups is 1. The number of ketones is 1. The fourth-order valence-corrected chi connectivity index (χ4v) is 2.08. The minimum absolute atomic E-state index is 0.0629. The molecule has 1 N–H and O–H groups in total. The quantitative estimate of drug-likeness (QED) is 0.805. The smallest absolute Gasteiger partial charge is 0.168 e. The van der Waals surface area contributed by atoms with Crippen LogP contribution < -0.4 is 0 Å². The normalized spacial score (nSPS) is 10.8. The zero-order chi connectivity index (χ0) is 11.4. The van der Waals surface area contributed by atoms with Gasteiger partial charge in [-0.1, -0.05) is 23.9 Å². The lowest BCUT2D eigenvalue weighted by Gasteiger charge is -1.96. The molecule has 0 amide bonds. The van der Waals surface area contributed by atoms with Gasteiger partial charge in [0.1, 0.15) is 6.61 Å². The third-order valence-electron chi connectivity index (χ3n) is 2.04. The Morgan fingerprint density at radius 2 is 2.31 bits per heavy atom. The maximum absolute atomic E-state index is 11.2. The van der Waals surface area contributed by atoms with Crippen LogP contribution in [0.5, 0.6) is 0 Å². The average Bonchev–Trinajstić information content (AvgIpc) is 2.69. The summed E-state index contributed by atoms with van der Waals surface area (Å²) >= 11 is 1.40. The zero-order valence-corrected chi connectivity index (χ0v) is 9.71. The zero-order valence-electron chi connectivity index (χ0n) is 8.90. The molecule has 2 rings (SSSR count). The molecule has 5 heteroatoms. The summed E-state index contributed by atoms with van der Waals surface area (Å²) in [5.74, 6) is 0.446. The van der Waals surface area contributed by atoms with Crippen LogP contribution in [0.2, 0.25) is 0 Å². The summed E-state index contributed by atoms with van der Waals surface area (Å²) in [5, 5.41) is 0.769. The number of ether oxygens (including phenoxy) is 1. The molecule has 0 saturated heterocycles. The molecule has 0 spiro atoms. The molecule has 0 saturated carbocycles. The Morgan fingerprint density at radius 3 is 3.06 bits per heavy atom. The molecule has 0 aliphatic rings. The van der Waals surface area contributed by atoms with E-state index in [9.17, 15) is 4.79 Å². The van der Waals surface area contributed by atoms with Crippen molar-refractivity contribution in [2.45, 2.75) is 5.16 Å². The average molecular weight is 236 g/mol. The Balaban J connectivity index is 2.02. The summed E-state index contributed by atoms with van der Waals surface area (Å²) in [6.07, 6.45) is 0. The number of aromatic amines is 1. The van der Waals surface area contributed by atoms with Crippen molar-refractivity contribution in [2.75, 3.05) is 19.5 Å². The number of imidazole rings is 1. The van der Waals surface area contributed by atoms with Crippen molar-refractivity contribution in [3.05, 3.63) is 24.3 Å². The van der Waals surface area contributed by atoms with E-state index >= 15 is 0 Å². The van der Waals surface area contributed by atoms with Crippen molar-refractivity contribution in [3.63, 3.8) is 0 Å². The highest BCUT2D eigenvalue weighted by molar-refractivity contribution is 7.99. The van der Waals surface area contributed by atoms with Gasteiger partial charge in [0.2, 0.25) is 0 Å². The van der Waals surface area contributed by atoms with Crippen LogP contribution in [0.3, 0.4) is 0 Å². The van der Waals surface area contributed by atoms with E-state index in [1.807, 2.05) is 24.3 Å². The fraction of sp³-hybridized carbons (Fsp3) is 0.273. The highest BCUT2D eigenvalue weighted by Gasteiger charge is 2.06. The highest BCUT2D eigenvalue weighted by atomic mass is 32.2. The summed E-state index contributed by atoms with van der Waals surface area (Å²) in [5.41, 5.74) is 1.91. The molecule has 0 aliphatic heterocycles. The topological polar surface area (TPSA) is 55.0 Å². The predicted octanol–water partition coefficient (Wildman–Crippen LogP) is 1.87. The number of carbonyl (C=O) groups excluding carboxylic acids is 1. The van der Waals surface area contributed by atoms with E-state index in [0.717, 1.165) is 16.2 Å². The Morgan fingerprint density at radius 1 is 1.50 bits per heavy atom. The Labute approximate surface area is 97.4 Å². The monoisotopic (exact) mass is 236 g/mol. The molecule has 0 atom stereocenters. The summed E-state index contributed by atoms with van der Waals surface area (Å²) < 4.78 is 4.76. The van der Waals surface area contributed by atoms with Crippen molar-refractivity contribution in [1.82, 2.24) is 9.97 Å². The van der Waals surface area contributed by atoms with Crippen LogP contribution in [0, 0.1) is 0 Å². The van der Waals surface area contributed by atoms with Gasteiger partial charge in [0.25, 0.3) is 0 Å². The summed E-state index contributed by atoms with van der Waals surface area (Å²) in [6.45, 7) is 0.160. The number of rotatable bonds is 5. The number of methoxy groups -OCH3 is 1. The maximum atomic E-state index is 11.2. The number of fused-ring (bicyclic) bond motifs is 1. The van der Waals surface area contributed by atoms with E-state index in [-0.39, 0.29) is 12.4 Å². The van der Waals surface area contributed by atoms with Crippen LogP contribution >= 0.6 is 11.8 Å². The van der Waals surface area contributed by atoms with Gasteiger partial charge in [-0.2, -0.15) is 0 Å². The molecule has 0 radical (unpaired) electrons. The first-order valence-electron chi connectivity index (χ1n) is 4.88. The molecule has 0 fully saturated rings. The molecule has 1 heterocycles. The molecule has 4 nitrogen and oxygen atoms in total. The molecule has 1 aromatic heterocycles. The number of nitrogens with one attached hydrogen (secondary N) is 1. The molecule has 84 valence electrons. The molecule has 2 aromatic rings. The number of benzene rings is 1. The van der Waals surface area contributed by atoms with Crippen LogP contribution in [0.1, 0.15) is 0 Å². The first-order valence-corrected chi connectivity index (χ1v) is 5.86. The van der Waals surface area contributed by atoms with E-state index in [2.05, 4.69) is 9.97 Å². The second kappa shape index (κ2) is 5.14. The first-order chi connectivity index (χ1) is 7.79. The van der Waals surface area contributed by atoms with Crippen molar-refractivity contribution in [2.24, 2.45) is 0 Å². The van der Waals surface area contributed by atoms with Gasteiger partial charge < -0.3 is 9.72 Å². The molecular weight excluding hydrogens is 224 g/mol. The number of hydrogen-bond donors (Lipinski definition) is 1. The number of Topliss-reactive ketones (excluding diaryl/α,β-unsaturated/α-hetero) is 1. The molecular formula is C11H12N2O2S. The van der Waals surface area contributed by atoms with Gasteiger partial charge in [-0.25, -0.2) is 4.98 Å². The second-order valence-corrected chi connectivity index (χ2v) is 4.28. The SMILES string of the molecule is COCC(=O)CSc1nc2ccccc2[nH]1. The molecule has 1 aromatic carbocycles. The minimum atomic E-state index is 0.0629. The lowest BCUT2D eigenvalue weighted by molar-refractivity contribution is -0.120. The van der Waals surface area contributed by atoms with Gasteiger partial charge in [0.15, 0.2) is 10.9 Å². The minimum Gasteiger partial charge on any atom is -0.377 e. The number of H-pyrrole nitrogens is 1. The lowest BCUT2D eigenvalue weighted by Crippen LogP contribution is -2.08. The Hall–Kier alpha value is -1.33. The van der Waals surface area contributed by atoms with Crippen molar-refractivity contribution >= 4 is 28.6 Å². The summed E-state index contributed by atoms with van der Waals surface area (Å²) in [4.78, 5) is 18.8. The first kappa shape index (κ1) is 11.2. The number of hydrogen-bond acceptors (Lipinski definition) is 4. The maximum Gasteiger partial charge on any atom is 0.168 e. The van der Waals surface area contributed by atoms with Crippen molar-refractivity contribution in [3.8, 4) is 0 Å². The van der Waals surface area contributed by atoms with Crippen LogP contribution in [-0.4, -0.2) is 35.2 Å². The van der Waals surface area contributed by atoms with Crippen LogP contribution in [-0.2, 0) is 9.53 Å². The van der Waals surface area contributed by atoms with Crippen LogP contribution in [0.4, 0.5) is 0 Å². The van der Waals surface area contributed by atoms with Gasteiger partial charge in [0.05, 0.1) is 16.8 Å².